The highest BCUT2D eigenvalue weighted by Gasteiger charge is 2.41. The number of halogens is 3. The summed E-state index contributed by atoms with van der Waals surface area (Å²) in [6, 6.07) is 4.90. The standard InChI is InChI=1S/C16H18F3N3O2S/c17-16(18,19)14-9-11(10-20)1-4-15(14)21-12-5-7-22(8-6-12)25(23,24)13-2-3-13/h1,4,9,12-13,21H,2-3,5-8H2. The van der Waals surface area contributed by atoms with Crippen LogP contribution >= 0.6 is 0 Å². The van der Waals surface area contributed by atoms with Crippen LogP contribution in [0.4, 0.5) is 18.9 Å². The van der Waals surface area contributed by atoms with Crippen LogP contribution in [0.25, 0.3) is 0 Å². The summed E-state index contributed by atoms with van der Waals surface area (Å²) in [5.41, 5.74) is -1.00. The molecule has 5 nitrogen and oxygen atoms in total. The summed E-state index contributed by atoms with van der Waals surface area (Å²) in [4.78, 5) is 0. The zero-order valence-electron chi connectivity index (χ0n) is 13.4. The van der Waals surface area contributed by atoms with Gasteiger partial charge in [-0.15, -0.1) is 0 Å². The van der Waals surface area contributed by atoms with Gasteiger partial charge in [-0.05, 0) is 43.9 Å². The summed E-state index contributed by atoms with van der Waals surface area (Å²) >= 11 is 0. The molecule has 0 spiro atoms. The Hall–Kier alpha value is -1.79. The van der Waals surface area contributed by atoms with E-state index in [4.69, 9.17) is 5.26 Å². The highest BCUT2D eigenvalue weighted by Crippen LogP contribution is 2.37. The second-order valence-corrected chi connectivity index (χ2v) is 8.64. The summed E-state index contributed by atoms with van der Waals surface area (Å²) in [6.45, 7) is 0.627. The monoisotopic (exact) mass is 373 g/mol. The normalized spacial score (nSPS) is 20.2. The minimum absolute atomic E-state index is 0.0526. The molecule has 9 heteroatoms. The number of rotatable bonds is 4. The Kier molecular flexibility index (Phi) is 4.68. The first-order chi connectivity index (χ1) is 11.7. The van der Waals surface area contributed by atoms with Gasteiger partial charge in [0.2, 0.25) is 10.0 Å². The third kappa shape index (κ3) is 3.90. The Morgan fingerprint density at radius 1 is 1.16 bits per heavy atom. The molecule has 1 aliphatic carbocycles. The lowest BCUT2D eigenvalue weighted by molar-refractivity contribution is -0.137. The van der Waals surface area contributed by atoms with E-state index in [0.717, 1.165) is 6.07 Å². The van der Waals surface area contributed by atoms with Crippen molar-refractivity contribution in [1.82, 2.24) is 4.31 Å². The van der Waals surface area contributed by atoms with Gasteiger partial charge in [0.1, 0.15) is 0 Å². The predicted octanol–water partition coefficient (Wildman–Crippen LogP) is 2.95. The highest BCUT2D eigenvalue weighted by atomic mass is 32.2. The van der Waals surface area contributed by atoms with E-state index in [9.17, 15) is 21.6 Å². The van der Waals surface area contributed by atoms with E-state index < -0.39 is 21.8 Å². The first-order valence-electron chi connectivity index (χ1n) is 8.08. The Balaban J connectivity index is 1.69. The van der Waals surface area contributed by atoms with E-state index in [2.05, 4.69) is 5.32 Å². The van der Waals surface area contributed by atoms with Crippen molar-refractivity contribution < 1.29 is 21.6 Å². The van der Waals surface area contributed by atoms with Crippen molar-refractivity contribution in [3.63, 3.8) is 0 Å². The predicted molar refractivity (Wildman–Crippen MR) is 86.3 cm³/mol. The molecule has 2 aliphatic rings. The van der Waals surface area contributed by atoms with E-state index in [-0.39, 0.29) is 22.5 Å². The molecule has 0 amide bonds. The molecule has 3 rings (SSSR count). The van der Waals surface area contributed by atoms with Crippen LogP contribution in [0.3, 0.4) is 0 Å². The van der Waals surface area contributed by atoms with Crippen molar-refractivity contribution >= 4 is 15.7 Å². The molecule has 1 heterocycles. The van der Waals surface area contributed by atoms with Crippen molar-refractivity contribution in [3.8, 4) is 6.07 Å². The number of alkyl halides is 3. The van der Waals surface area contributed by atoms with Crippen LogP contribution in [0.2, 0.25) is 0 Å². The molecule has 1 aromatic rings. The van der Waals surface area contributed by atoms with E-state index in [0.29, 0.717) is 38.8 Å². The summed E-state index contributed by atoms with van der Waals surface area (Å²) in [5.74, 6) is 0. The van der Waals surface area contributed by atoms with Crippen LogP contribution in [0.1, 0.15) is 36.8 Å². The second kappa shape index (κ2) is 6.50. The van der Waals surface area contributed by atoms with Gasteiger partial charge in [0, 0.05) is 24.8 Å². The van der Waals surface area contributed by atoms with Gasteiger partial charge >= 0.3 is 6.18 Å². The minimum Gasteiger partial charge on any atom is -0.382 e. The maximum absolute atomic E-state index is 13.2. The lowest BCUT2D eigenvalue weighted by atomic mass is 10.0. The maximum Gasteiger partial charge on any atom is 0.418 e. The fraction of sp³-hybridized carbons (Fsp3) is 0.562. The molecule has 1 aliphatic heterocycles. The summed E-state index contributed by atoms with van der Waals surface area (Å²) in [6.07, 6.45) is -2.28. The number of anilines is 1. The number of hydrogen-bond acceptors (Lipinski definition) is 4. The maximum atomic E-state index is 13.2. The first kappa shape index (κ1) is 18.0. The molecule has 136 valence electrons. The molecule has 1 N–H and O–H groups in total. The van der Waals surface area contributed by atoms with Crippen molar-refractivity contribution in [1.29, 1.82) is 5.26 Å². The van der Waals surface area contributed by atoms with Crippen molar-refractivity contribution in [3.05, 3.63) is 29.3 Å². The van der Waals surface area contributed by atoms with Crippen LogP contribution in [-0.2, 0) is 16.2 Å². The summed E-state index contributed by atoms with van der Waals surface area (Å²) in [7, 11) is -3.24. The Morgan fingerprint density at radius 2 is 1.80 bits per heavy atom. The Labute approximate surface area is 144 Å². The van der Waals surface area contributed by atoms with Crippen LogP contribution in [0, 0.1) is 11.3 Å². The fourth-order valence-corrected chi connectivity index (χ4v) is 4.90. The molecule has 1 aromatic carbocycles. The molecule has 0 bridgehead atoms. The largest absolute Gasteiger partial charge is 0.418 e. The quantitative estimate of drug-likeness (QED) is 0.881. The number of nitriles is 1. The number of nitrogens with zero attached hydrogens (tertiary/aromatic N) is 2. The van der Waals surface area contributed by atoms with Crippen LogP contribution in [0.5, 0.6) is 0 Å². The average Bonchev–Trinajstić information content (AvgIpc) is 3.40. The number of nitrogens with one attached hydrogen (secondary N) is 1. The molecule has 0 aromatic heterocycles. The van der Waals surface area contributed by atoms with Gasteiger partial charge in [-0.3, -0.25) is 0 Å². The molecular formula is C16H18F3N3O2S. The van der Waals surface area contributed by atoms with Crippen LogP contribution in [-0.4, -0.2) is 37.1 Å². The van der Waals surface area contributed by atoms with Gasteiger partial charge in [-0.2, -0.15) is 18.4 Å². The Bertz CT molecular complexity index is 790. The zero-order chi connectivity index (χ0) is 18.2. The van der Waals surface area contributed by atoms with Gasteiger partial charge < -0.3 is 5.32 Å². The average molecular weight is 373 g/mol. The number of benzene rings is 1. The van der Waals surface area contributed by atoms with E-state index >= 15 is 0 Å². The van der Waals surface area contributed by atoms with Gasteiger partial charge in [-0.1, -0.05) is 0 Å². The second-order valence-electron chi connectivity index (χ2n) is 6.43. The summed E-state index contributed by atoms with van der Waals surface area (Å²) in [5, 5.41) is 11.4. The Morgan fingerprint density at radius 3 is 2.32 bits per heavy atom. The van der Waals surface area contributed by atoms with Gasteiger partial charge in [-0.25, -0.2) is 12.7 Å². The zero-order valence-corrected chi connectivity index (χ0v) is 14.2. The molecule has 2 fully saturated rings. The van der Waals surface area contributed by atoms with E-state index in [1.165, 1.54) is 16.4 Å². The van der Waals surface area contributed by atoms with Crippen molar-refractivity contribution in [2.24, 2.45) is 0 Å². The molecule has 0 unspecified atom stereocenters. The van der Waals surface area contributed by atoms with Crippen LogP contribution in [0.15, 0.2) is 18.2 Å². The number of sulfonamides is 1. The van der Waals surface area contributed by atoms with Gasteiger partial charge in [0.25, 0.3) is 0 Å². The first-order valence-corrected chi connectivity index (χ1v) is 9.59. The molecule has 25 heavy (non-hydrogen) atoms. The van der Waals surface area contributed by atoms with Crippen molar-refractivity contribution in [2.75, 3.05) is 18.4 Å². The fourth-order valence-electron chi connectivity index (χ4n) is 3.03. The lowest BCUT2D eigenvalue weighted by Crippen LogP contribution is -2.43. The molecular weight excluding hydrogens is 355 g/mol. The molecule has 1 saturated heterocycles. The molecule has 0 atom stereocenters. The van der Waals surface area contributed by atoms with Crippen LogP contribution < -0.4 is 5.32 Å². The minimum atomic E-state index is -4.56. The summed E-state index contributed by atoms with van der Waals surface area (Å²) < 4.78 is 65.4. The van der Waals surface area contributed by atoms with E-state index in [1.54, 1.807) is 6.07 Å². The SMILES string of the molecule is N#Cc1ccc(NC2CCN(S(=O)(=O)C3CC3)CC2)c(C(F)(F)F)c1. The smallest absolute Gasteiger partial charge is 0.382 e. The third-order valence-electron chi connectivity index (χ3n) is 4.57. The highest BCUT2D eigenvalue weighted by molar-refractivity contribution is 7.90. The number of hydrogen-bond donors (Lipinski definition) is 1. The topological polar surface area (TPSA) is 73.2 Å². The van der Waals surface area contributed by atoms with E-state index in [1.807, 2.05) is 0 Å². The van der Waals surface area contributed by atoms with Crippen molar-refractivity contribution in [2.45, 2.75) is 43.2 Å². The lowest BCUT2D eigenvalue weighted by Gasteiger charge is -2.32. The van der Waals surface area contributed by atoms with Gasteiger partial charge in [0.05, 0.1) is 22.4 Å². The molecule has 0 radical (unpaired) electrons. The number of piperidine rings is 1. The third-order valence-corrected chi connectivity index (χ3v) is 6.97. The van der Waals surface area contributed by atoms with Gasteiger partial charge in [0.15, 0.2) is 0 Å². The molecule has 1 saturated carbocycles.